The SMILES string of the molecule is O=C(CCN1CC(O)CC1CO)NC(=O)NCc1ccccc1. The van der Waals surface area contributed by atoms with Crippen molar-refractivity contribution in [3.8, 4) is 0 Å². The fourth-order valence-electron chi connectivity index (χ4n) is 2.68. The molecular formula is C16H23N3O4. The molecule has 1 aliphatic heterocycles. The van der Waals surface area contributed by atoms with E-state index in [1.165, 1.54) is 0 Å². The first-order valence-electron chi connectivity index (χ1n) is 7.73. The Bertz CT molecular complexity index is 523. The quantitative estimate of drug-likeness (QED) is 0.583. The number of aliphatic hydroxyl groups excluding tert-OH is 2. The van der Waals surface area contributed by atoms with Gasteiger partial charge in [0.2, 0.25) is 5.91 Å². The van der Waals surface area contributed by atoms with Crippen LogP contribution in [0.2, 0.25) is 0 Å². The van der Waals surface area contributed by atoms with Gasteiger partial charge in [-0.15, -0.1) is 0 Å². The van der Waals surface area contributed by atoms with Gasteiger partial charge < -0.3 is 15.5 Å². The number of benzene rings is 1. The first kappa shape index (κ1) is 17.4. The molecular weight excluding hydrogens is 298 g/mol. The maximum Gasteiger partial charge on any atom is 0.321 e. The van der Waals surface area contributed by atoms with E-state index >= 15 is 0 Å². The minimum absolute atomic E-state index is 0.0454. The first-order chi connectivity index (χ1) is 11.1. The predicted octanol–water partition coefficient (Wildman–Crippen LogP) is -0.170. The first-order valence-corrected chi connectivity index (χ1v) is 7.73. The molecule has 1 aliphatic rings. The van der Waals surface area contributed by atoms with E-state index in [0.717, 1.165) is 5.56 Å². The number of hydrogen-bond donors (Lipinski definition) is 4. The molecule has 1 heterocycles. The smallest absolute Gasteiger partial charge is 0.321 e. The summed E-state index contributed by atoms with van der Waals surface area (Å²) in [6.07, 6.45) is 0.182. The molecule has 4 N–H and O–H groups in total. The van der Waals surface area contributed by atoms with E-state index in [-0.39, 0.29) is 25.0 Å². The molecule has 0 spiro atoms. The third-order valence-electron chi connectivity index (χ3n) is 3.89. The second-order valence-electron chi connectivity index (χ2n) is 5.69. The van der Waals surface area contributed by atoms with Crippen molar-refractivity contribution >= 4 is 11.9 Å². The van der Waals surface area contributed by atoms with Gasteiger partial charge in [-0.25, -0.2) is 4.79 Å². The zero-order valence-corrected chi connectivity index (χ0v) is 12.9. The molecule has 1 fully saturated rings. The summed E-state index contributed by atoms with van der Waals surface area (Å²) in [4.78, 5) is 25.3. The molecule has 0 aromatic heterocycles. The summed E-state index contributed by atoms with van der Waals surface area (Å²) in [6, 6.07) is 8.77. The highest BCUT2D eigenvalue weighted by molar-refractivity contribution is 5.94. The zero-order valence-electron chi connectivity index (χ0n) is 12.9. The van der Waals surface area contributed by atoms with Crippen LogP contribution in [0.3, 0.4) is 0 Å². The predicted molar refractivity (Wildman–Crippen MR) is 84.5 cm³/mol. The van der Waals surface area contributed by atoms with Crippen LogP contribution in [0.25, 0.3) is 0 Å². The second-order valence-corrected chi connectivity index (χ2v) is 5.69. The second kappa shape index (κ2) is 8.61. The van der Waals surface area contributed by atoms with Crippen molar-refractivity contribution in [2.45, 2.75) is 31.5 Å². The number of imide groups is 1. The Labute approximate surface area is 135 Å². The van der Waals surface area contributed by atoms with Crippen LogP contribution < -0.4 is 10.6 Å². The highest BCUT2D eigenvalue weighted by atomic mass is 16.3. The number of urea groups is 1. The standard InChI is InChI=1S/C16H23N3O4/c20-11-13-8-14(21)10-19(13)7-6-15(22)18-16(23)17-9-12-4-2-1-3-5-12/h1-5,13-14,20-21H,6-11H2,(H2,17,18,22,23). The van der Waals surface area contributed by atoms with Gasteiger partial charge in [0.25, 0.3) is 0 Å². The summed E-state index contributed by atoms with van der Waals surface area (Å²) in [5.74, 6) is -0.381. The maximum atomic E-state index is 11.8. The Balaban J connectivity index is 1.67. The number of carbonyl (C=O) groups is 2. The maximum absolute atomic E-state index is 11.8. The minimum atomic E-state index is -0.529. The van der Waals surface area contributed by atoms with Crippen LogP contribution in [0.1, 0.15) is 18.4 Å². The molecule has 7 heteroatoms. The van der Waals surface area contributed by atoms with Crippen LogP contribution in [0.5, 0.6) is 0 Å². The third kappa shape index (κ3) is 5.63. The Morgan fingerprint density at radius 1 is 1.26 bits per heavy atom. The van der Waals surface area contributed by atoms with Gasteiger partial charge in [-0.1, -0.05) is 30.3 Å². The van der Waals surface area contributed by atoms with Crippen LogP contribution in [0, 0.1) is 0 Å². The van der Waals surface area contributed by atoms with E-state index in [1.54, 1.807) is 0 Å². The van der Waals surface area contributed by atoms with Crippen LogP contribution in [0.4, 0.5) is 4.79 Å². The number of nitrogens with zero attached hydrogens (tertiary/aromatic N) is 1. The van der Waals surface area contributed by atoms with Gasteiger partial charge in [-0.05, 0) is 12.0 Å². The molecule has 2 rings (SSSR count). The normalized spacial score (nSPS) is 21.1. The number of β-amino-alcohol motifs (C(OH)–C–C–N with tert-alkyl or cyclic N) is 1. The van der Waals surface area contributed by atoms with Crippen LogP contribution >= 0.6 is 0 Å². The van der Waals surface area contributed by atoms with Crippen molar-refractivity contribution in [2.24, 2.45) is 0 Å². The third-order valence-corrected chi connectivity index (χ3v) is 3.89. The Morgan fingerprint density at radius 3 is 2.70 bits per heavy atom. The number of rotatable bonds is 6. The van der Waals surface area contributed by atoms with Crippen molar-refractivity contribution in [3.63, 3.8) is 0 Å². The molecule has 0 aliphatic carbocycles. The van der Waals surface area contributed by atoms with E-state index in [2.05, 4.69) is 10.6 Å². The number of aliphatic hydroxyl groups is 2. The number of amides is 3. The number of hydrogen-bond acceptors (Lipinski definition) is 5. The molecule has 23 heavy (non-hydrogen) atoms. The molecule has 0 bridgehead atoms. The highest BCUT2D eigenvalue weighted by Gasteiger charge is 2.30. The molecule has 126 valence electrons. The minimum Gasteiger partial charge on any atom is -0.395 e. The lowest BCUT2D eigenvalue weighted by Gasteiger charge is -2.21. The van der Waals surface area contributed by atoms with Crippen molar-refractivity contribution in [3.05, 3.63) is 35.9 Å². The van der Waals surface area contributed by atoms with Gasteiger partial charge in [-0.2, -0.15) is 0 Å². The van der Waals surface area contributed by atoms with Gasteiger partial charge in [-0.3, -0.25) is 15.0 Å². The van der Waals surface area contributed by atoms with E-state index in [1.807, 2.05) is 35.2 Å². The molecule has 0 saturated carbocycles. The molecule has 2 unspecified atom stereocenters. The van der Waals surface area contributed by atoms with E-state index in [0.29, 0.717) is 26.1 Å². The fourth-order valence-corrected chi connectivity index (χ4v) is 2.68. The topological polar surface area (TPSA) is 102 Å². The molecule has 7 nitrogen and oxygen atoms in total. The summed E-state index contributed by atoms with van der Waals surface area (Å²) in [5.41, 5.74) is 0.951. The number of likely N-dealkylation sites (tertiary alicyclic amines) is 1. The van der Waals surface area contributed by atoms with E-state index in [4.69, 9.17) is 0 Å². The lowest BCUT2D eigenvalue weighted by molar-refractivity contribution is -0.120. The summed E-state index contributed by atoms with van der Waals surface area (Å²) in [5, 5.41) is 23.7. The molecule has 3 amide bonds. The van der Waals surface area contributed by atoms with Crippen molar-refractivity contribution in [1.82, 2.24) is 15.5 Å². The van der Waals surface area contributed by atoms with E-state index < -0.39 is 12.1 Å². The van der Waals surface area contributed by atoms with Gasteiger partial charge in [0.15, 0.2) is 0 Å². The van der Waals surface area contributed by atoms with E-state index in [9.17, 15) is 19.8 Å². The average Bonchev–Trinajstić information content (AvgIpc) is 2.92. The molecule has 1 aromatic carbocycles. The Hall–Kier alpha value is -1.96. The average molecular weight is 321 g/mol. The summed E-state index contributed by atoms with van der Waals surface area (Å²) >= 11 is 0. The fraction of sp³-hybridized carbons (Fsp3) is 0.500. The van der Waals surface area contributed by atoms with Crippen molar-refractivity contribution in [2.75, 3.05) is 19.7 Å². The molecule has 1 aromatic rings. The van der Waals surface area contributed by atoms with Crippen LogP contribution in [0.15, 0.2) is 30.3 Å². The van der Waals surface area contributed by atoms with Gasteiger partial charge >= 0.3 is 6.03 Å². The number of carbonyl (C=O) groups excluding carboxylic acids is 2. The Morgan fingerprint density at radius 2 is 2.00 bits per heavy atom. The Kier molecular flexibility index (Phi) is 6.52. The summed E-state index contributed by atoms with van der Waals surface area (Å²) < 4.78 is 0. The molecule has 1 saturated heterocycles. The van der Waals surface area contributed by atoms with Crippen molar-refractivity contribution in [1.29, 1.82) is 0 Å². The monoisotopic (exact) mass is 321 g/mol. The van der Waals surface area contributed by atoms with Gasteiger partial charge in [0.05, 0.1) is 12.7 Å². The van der Waals surface area contributed by atoms with Gasteiger partial charge in [0, 0.05) is 32.1 Å². The number of nitrogens with one attached hydrogen (secondary N) is 2. The van der Waals surface area contributed by atoms with Gasteiger partial charge in [0.1, 0.15) is 0 Å². The summed E-state index contributed by atoms with van der Waals surface area (Å²) in [7, 11) is 0. The lowest BCUT2D eigenvalue weighted by Crippen LogP contribution is -2.41. The lowest BCUT2D eigenvalue weighted by atomic mass is 10.2. The summed E-state index contributed by atoms with van der Waals surface area (Å²) in [6.45, 7) is 1.15. The van der Waals surface area contributed by atoms with Crippen LogP contribution in [-0.4, -0.2) is 58.9 Å². The molecule has 2 atom stereocenters. The van der Waals surface area contributed by atoms with Crippen LogP contribution in [-0.2, 0) is 11.3 Å². The highest BCUT2D eigenvalue weighted by Crippen LogP contribution is 2.17. The van der Waals surface area contributed by atoms with Crippen molar-refractivity contribution < 1.29 is 19.8 Å². The zero-order chi connectivity index (χ0) is 16.7. The largest absolute Gasteiger partial charge is 0.395 e. The molecule has 0 radical (unpaired) electrons.